The molecule has 0 aliphatic rings. The van der Waals surface area contributed by atoms with Crippen LogP contribution in [0.1, 0.15) is 0 Å². The number of benzene rings is 2. The van der Waals surface area contributed by atoms with E-state index in [0.717, 1.165) is 5.52 Å². The molecule has 0 spiro atoms. The van der Waals surface area contributed by atoms with Crippen molar-refractivity contribution in [1.29, 1.82) is 0 Å². The molecule has 8 nitrogen and oxygen atoms in total. The first-order valence-electron chi connectivity index (χ1n) is 8.36. The number of carbonyl (C=O) groups excluding carboxylic acids is 1. The SMILES string of the molecule is C=CCOC(=O)NS(=O)(=O)Nc1cc(-c2cc3cc(F)ccc3[nH]2)ccc1OC. The maximum Gasteiger partial charge on any atom is 0.422 e. The highest BCUT2D eigenvalue weighted by molar-refractivity contribution is 7.91. The molecule has 0 atom stereocenters. The molecule has 0 unspecified atom stereocenters. The molecule has 0 saturated heterocycles. The van der Waals surface area contributed by atoms with Gasteiger partial charge in [-0.15, -0.1) is 0 Å². The number of aromatic amines is 1. The minimum absolute atomic E-state index is 0.0962. The van der Waals surface area contributed by atoms with E-state index in [1.807, 2.05) is 0 Å². The Morgan fingerprint density at radius 3 is 2.76 bits per heavy atom. The fraction of sp³-hybridized carbons (Fsp3) is 0.105. The Kier molecular flexibility index (Phi) is 5.74. The van der Waals surface area contributed by atoms with Crippen molar-refractivity contribution in [2.75, 3.05) is 18.4 Å². The maximum atomic E-state index is 13.4. The molecule has 0 aliphatic carbocycles. The fourth-order valence-electron chi connectivity index (χ4n) is 2.66. The van der Waals surface area contributed by atoms with Gasteiger partial charge >= 0.3 is 16.3 Å². The van der Waals surface area contributed by atoms with Crippen LogP contribution in [-0.2, 0) is 14.9 Å². The molecule has 29 heavy (non-hydrogen) atoms. The quantitative estimate of drug-likeness (QED) is 0.508. The summed E-state index contributed by atoms with van der Waals surface area (Å²) in [5.41, 5.74) is 2.09. The maximum absolute atomic E-state index is 13.4. The van der Waals surface area contributed by atoms with Crippen LogP contribution in [0, 0.1) is 5.82 Å². The third-order valence-electron chi connectivity index (χ3n) is 3.89. The van der Waals surface area contributed by atoms with Gasteiger partial charge in [-0.2, -0.15) is 8.42 Å². The Labute approximate surface area is 166 Å². The van der Waals surface area contributed by atoms with E-state index in [-0.39, 0.29) is 23.9 Å². The number of anilines is 1. The van der Waals surface area contributed by atoms with Gasteiger partial charge in [-0.1, -0.05) is 12.7 Å². The van der Waals surface area contributed by atoms with E-state index in [0.29, 0.717) is 16.6 Å². The minimum atomic E-state index is -4.27. The van der Waals surface area contributed by atoms with E-state index in [2.05, 4.69) is 21.0 Å². The first-order valence-corrected chi connectivity index (χ1v) is 9.84. The van der Waals surface area contributed by atoms with Crippen LogP contribution >= 0.6 is 0 Å². The molecule has 3 aromatic rings. The van der Waals surface area contributed by atoms with Crippen molar-refractivity contribution < 1.29 is 27.1 Å². The number of ether oxygens (including phenoxy) is 2. The minimum Gasteiger partial charge on any atom is -0.495 e. The van der Waals surface area contributed by atoms with Crippen molar-refractivity contribution >= 4 is 32.9 Å². The average Bonchev–Trinajstić information content (AvgIpc) is 3.08. The number of nitrogens with one attached hydrogen (secondary N) is 3. The van der Waals surface area contributed by atoms with E-state index in [4.69, 9.17) is 4.74 Å². The van der Waals surface area contributed by atoms with Crippen molar-refractivity contribution in [3.8, 4) is 17.0 Å². The molecule has 0 fully saturated rings. The van der Waals surface area contributed by atoms with Gasteiger partial charge in [0.15, 0.2) is 0 Å². The summed E-state index contributed by atoms with van der Waals surface area (Å²) in [5.74, 6) is -0.124. The standard InChI is InChI=1S/C19H18FN3O5S/c1-3-8-28-19(24)23-29(25,26)22-17-10-12(4-7-18(17)27-2)16-11-13-9-14(20)5-6-15(13)21-16/h3-7,9-11,21-22H,1,8H2,2H3,(H,23,24). The highest BCUT2D eigenvalue weighted by Gasteiger charge is 2.18. The van der Waals surface area contributed by atoms with Crippen LogP contribution in [0.2, 0.25) is 0 Å². The number of halogens is 1. The molecule has 1 heterocycles. The molecule has 1 amide bonds. The van der Waals surface area contributed by atoms with Crippen LogP contribution in [0.3, 0.4) is 0 Å². The second-order valence-electron chi connectivity index (χ2n) is 5.92. The van der Waals surface area contributed by atoms with Gasteiger partial charge in [0.05, 0.1) is 12.8 Å². The number of hydrogen-bond donors (Lipinski definition) is 3. The van der Waals surface area contributed by atoms with Gasteiger partial charge in [0, 0.05) is 22.2 Å². The second-order valence-corrected chi connectivity index (χ2v) is 7.34. The fourth-order valence-corrected chi connectivity index (χ4v) is 3.44. The summed E-state index contributed by atoms with van der Waals surface area (Å²) < 4.78 is 51.6. The van der Waals surface area contributed by atoms with Gasteiger partial charge in [-0.25, -0.2) is 13.9 Å². The highest BCUT2D eigenvalue weighted by Crippen LogP contribution is 2.32. The van der Waals surface area contributed by atoms with E-state index >= 15 is 0 Å². The summed E-state index contributed by atoms with van der Waals surface area (Å²) in [5, 5.41) is 0.671. The Morgan fingerprint density at radius 1 is 1.24 bits per heavy atom. The van der Waals surface area contributed by atoms with Crippen LogP contribution in [-0.4, -0.2) is 33.2 Å². The lowest BCUT2D eigenvalue weighted by Gasteiger charge is -2.13. The van der Waals surface area contributed by atoms with Gasteiger partial charge in [-0.05, 0) is 42.5 Å². The zero-order valence-corrected chi connectivity index (χ0v) is 16.2. The topological polar surface area (TPSA) is 110 Å². The molecule has 0 saturated carbocycles. The summed E-state index contributed by atoms with van der Waals surface area (Å²) in [6, 6.07) is 10.9. The summed E-state index contributed by atoms with van der Waals surface area (Å²) in [6.45, 7) is 3.23. The highest BCUT2D eigenvalue weighted by atomic mass is 32.2. The molecular formula is C19H18FN3O5S. The van der Waals surface area contributed by atoms with Gasteiger partial charge in [-0.3, -0.25) is 4.72 Å². The monoisotopic (exact) mass is 419 g/mol. The number of carbonyl (C=O) groups is 1. The molecule has 3 rings (SSSR count). The summed E-state index contributed by atoms with van der Waals surface area (Å²) in [4.78, 5) is 14.6. The zero-order chi connectivity index (χ0) is 21.0. The summed E-state index contributed by atoms with van der Waals surface area (Å²) in [7, 11) is -2.90. The summed E-state index contributed by atoms with van der Waals surface area (Å²) >= 11 is 0. The normalized spacial score (nSPS) is 11.1. The molecule has 1 aromatic heterocycles. The van der Waals surface area contributed by atoms with Gasteiger partial charge in [0.25, 0.3) is 0 Å². The Hall–Kier alpha value is -3.53. The summed E-state index contributed by atoms with van der Waals surface area (Å²) in [6.07, 6.45) is 0.156. The third kappa shape index (κ3) is 4.85. The first-order chi connectivity index (χ1) is 13.8. The molecule has 152 valence electrons. The zero-order valence-electron chi connectivity index (χ0n) is 15.4. The van der Waals surface area contributed by atoms with Crippen molar-refractivity contribution in [3.05, 3.63) is 60.9 Å². The van der Waals surface area contributed by atoms with Crippen molar-refractivity contribution in [2.45, 2.75) is 0 Å². The molecule has 0 aliphatic heterocycles. The molecule has 10 heteroatoms. The van der Waals surface area contributed by atoms with Crippen molar-refractivity contribution in [1.82, 2.24) is 9.71 Å². The first kappa shape index (κ1) is 20.2. The molecule has 3 N–H and O–H groups in total. The number of methoxy groups -OCH3 is 1. The number of H-pyrrole nitrogens is 1. The molecule has 0 bridgehead atoms. The molecule has 0 radical (unpaired) electrons. The van der Waals surface area contributed by atoms with Crippen molar-refractivity contribution in [2.24, 2.45) is 0 Å². The molecular weight excluding hydrogens is 401 g/mol. The second kappa shape index (κ2) is 8.23. The number of fused-ring (bicyclic) bond motifs is 1. The Bertz CT molecular complexity index is 1170. The lowest BCUT2D eigenvalue weighted by Crippen LogP contribution is -2.35. The van der Waals surface area contributed by atoms with Gasteiger partial charge in [0.1, 0.15) is 18.2 Å². The van der Waals surface area contributed by atoms with E-state index < -0.39 is 16.3 Å². The van der Waals surface area contributed by atoms with E-state index in [1.54, 1.807) is 29.0 Å². The van der Waals surface area contributed by atoms with Crippen LogP contribution in [0.5, 0.6) is 5.75 Å². The van der Waals surface area contributed by atoms with Crippen LogP contribution < -0.4 is 14.2 Å². The lowest BCUT2D eigenvalue weighted by molar-refractivity contribution is 0.165. The van der Waals surface area contributed by atoms with Crippen LogP contribution in [0.15, 0.2) is 55.1 Å². The van der Waals surface area contributed by atoms with E-state index in [9.17, 15) is 17.6 Å². The number of rotatable bonds is 7. The number of hydrogen-bond acceptors (Lipinski definition) is 5. The third-order valence-corrected chi connectivity index (χ3v) is 4.81. The Balaban J connectivity index is 1.90. The average molecular weight is 419 g/mol. The van der Waals surface area contributed by atoms with Crippen molar-refractivity contribution in [3.63, 3.8) is 0 Å². The smallest absolute Gasteiger partial charge is 0.422 e. The van der Waals surface area contributed by atoms with Gasteiger partial charge < -0.3 is 14.5 Å². The van der Waals surface area contributed by atoms with Crippen LogP contribution in [0.25, 0.3) is 22.2 Å². The predicted octanol–water partition coefficient (Wildman–Crippen LogP) is 3.55. The Morgan fingerprint density at radius 2 is 2.03 bits per heavy atom. The lowest BCUT2D eigenvalue weighted by atomic mass is 10.1. The van der Waals surface area contributed by atoms with Gasteiger partial charge in [0.2, 0.25) is 0 Å². The van der Waals surface area contributed by atoms with E-state index in [1.165, 1.54) is 31.4 Å². The number of amides is 1. The van der Waals surface area contributed by atoms with Crippen LogP contribution in [0.4, 0.5) is 14.9 Å². The largest absolute Gasteiger partial charge is 0.495 e. The molecule has 2 aromatic carbocycles. The number of aromatic nitrogens is 1. The predicted molar refractivity (Wildman–Crippen MR) is 107 cm³/mol.